The Bertz CT molecular complexity index is 682. The van der Waals surface area contributed by atoms with Crippen molar-refractivity contribution in [3.05, 3.63) is 41.9 Å². The molecule has 3 aromatic rings. The summed E-state index contributed by atoms with van der Waals surface area (Å²) in [4.78, 5) is 4.30. The van der Waals surface area contributed by atoms with Crippen molar-refractivity contribution in [1.29, 1.82) is 0 Å². The molecule has 5 nitrogen and oxygen atoms in total. The fourth-order valence-electron chi connectivity index (χ4n) is 2.00. The van der Waals surface area contributed by atoms with Gasteiger partial charge in [0.05, 0.1) is 6.04 Å². The Kier molecular flexibility index (Phi) is 3.18. The average molecular weight is 271 g/mol. The van der Waals surface area contributed by atoms with Gasteiger partial charge in [0.25, 0.3) is 0 Å². The van der Waals surface area contributed by atoms with E-state index >= 15 is 0 Å². The largest absolute Gasteiger partial charge is 0.459 e. The fraction of sp³-hybridized carbons (Fsp3) is 0.333. The van der Waals surface area contributed by atoms with E-state index in [1.165, 1.54) is 0 Å². The molecule has 0 aliphatic carbocycles. The first-order valence-electron chi connectivity index (χ1n) is 6.72. The summed E-state index contributed by atoms with van der Waals surface area (Å²) in [6.45, 7) is 6.05. The number of furan rings is 1. The Morgan fingerprint density at radius 3 is 2.65 bits per heavy atom. The number of hydrogen-bond donors (Lipinski definition) is 1. The molecule has 20 heavy (non-hydrogen) atoms. The molecule has 0 aliphatic rings. The number of hydrogen-bond acceptors (Lipinski definition) is 5. The molecule has 104 valence electrons. The van der Waals surface area contributed by atoms with Crippen LogP contribution in [0.5, 0.6) is 0 Å². The lowest BCUT2D eigenvalue weighted by atomic mass is 10.2. The molecular weight excluding hydrogens is 254 g/mol. The highest BCUT2D eigenvalue weighted by molar-refractivity contribution is 5.77. The van der Waals surface area contributed by atoms with Crippen LogP contribution in [-0.4, -0.2) is 10.1 Å². The van der Waals surface area contributed by atoms with Crippen molar-refractivity contribution in [2.75, 3.05) is 5.32 Å². The molecule has 0 radical (unpaired) electrons. The summed E-state index contributed by atoms with van der Waals surface area (Å²) in [6.07, 6.45) is 0. The Morgan fingerprint density at radius 2 is 1.95 bits per heavy atom. The number of para-hydroxylation sites is 1. The standard InChI is InChI=1S/C15H17N3O2/c1-9(2)14-17-15(20-18-14)16-10(3)13-8-11-6-4-5-7-12(11)19-13/h4-10H,1-3H3,(H,16,17,18)/t10-/m1/s1. The molecule has 1 aromatic carbocycles. The van der Waals surface area contributed by atoms with E-state index in [0.717, 1.165) is 16.7 Å². The number of nitrogens with zero attached hydrogens (tertiary/aromatic N) is 2. The molecule has 0 aliphatic heterocycles. The zero-order valence-corrected chi connectivity index (χ0v) is 11.8. The van der Waals surface area contributed by atoms with Crippen LogP contribution >= 0.6 is 0 Å². The molecule has 0 fully saturated rings. The van der Waals surface area contributed by atoms with E-state index in [4.69, 9.17) is 8.94 Å². The molecule has 0 saturated carbocycles. The maximum Gasteiger partial charge on any atom is 0.322 e. The van der Waals surface area contributed by atoms with Crippen molar-refractivity contribution < 1.29 is 8.94 Å². The molecule has 0 unspecified atom stereocenters. The highest BCUT2D eigenvalue weighted by Gasteiger charge is 2.15. The zero-order valence-electron chi connectivity index (χ0n) is 11.8. The third-order valence-corrected chi connectivity index (χ3v) is 3.17. The van der Waals surface area contributed by atoms with Crippen LogP contribution in [0.25, 0.3) is 11.0 Å². The van der Waals surface area contributed by atoms with Gasteiger partial charge in [-0.2, -0.15) is 4.98 Å². The highest BCUT2D eigenvalue weighted by Crippen LogP contribution is 2.26. The highest BCUT2D eigenvalue weighted by atomic mass is 16.5. The molecule has 2 heterocycles. The zero-order chi connectivity index (χ0) is 14.1. The second-order valence-electron chi connectivity index (χ2n) is 5.17. The van der Waals surface area contributed by atoms with Gasteiger partial charge in [-0.05, 0) is 19.1 Å². The van der Waals surface area contributed by atoms with Gasteiger partial charge in [0.2, 0.25) is 0 Å². The van der Waals surface area contributed by atoms with Crippen molar-refractivity contribution in [2.45, 2.75) is 32.7 Å². The summed E-state index contributed by atoms with van der Waals surface area (Å²) in [6, 6.07) is 10.3. The summed E-state index contributed by atoms with van der Waals surface area (Å²) < 4.78 is 11.0. The Balaban J connectivity index is 1.79. The third-order valence-electron chi connectivity index (χ3n) is 3.17. The number of nitrogens with one attached hydrogen (secondary N) is 1. The van der Waals surface area contributed by atoms with Gasteiger partial charge in [-0.25, -0.2) is 0 Å². The van der Waals surface area contributed by atoms with Crippen LogP contribution in [0, 0.1) is 0 Å². The second kappa shape index (κ2) is 5.00. The first kappa shape index (κ1) is 12.7. The number of benzene rings is 1. The van der Waals surface area contributed by atoms with Gasteiger partial charge in [-0.15, -0.1) is 0 Å². The van der Waals surface area contributed by atoms with Crippen LogP contribution in [0.4, 0.5) is 6.01 Å². The third kappa shape index (κ3) is 2.39. The van der Waals surface area contributed by atoms with E-state index in [1.54, 1.807) is 0 Å². The summed E-state index contributed by atoms with van der Waals surface area (Å²) >= 11 is 0. The van der Waals surface area contributed by atoms with Crippen LogP contribution in [-0.2, 0) is 0 Å². The van der Waals surface area contributed by atoms with Gasteiger partial charge in [-0.1, -0.05) is 37.2 Å². The van der Waals surface area contributed by atoms with Crippen molar-refractivity contribution in [3.63, 3.8) is 0 Å². The molecule has 3 rings (SSSR count). The number of anilines is 1. The molecule has 0 amide bonds. The summed E-state index contributed by atoms with van der Waals surface area (Å²) in [5.41, 5.74) is 0.879. The predicted octanol–water partition coefficient (Wildman–Crippen LogP) is 4.11. The molecule has 1 N–H and O–H groups in total. The van der Waals surface area contributed by atoms with E-state index in [0.29, 0.717) is 11.8 Å². The lowest BCUT2D eigenvalue weighted by Crippen LogP contribution is -2.05. The first-order valence-corrected chi connectivity index (χ1v) is 6.72. The molecule has 0 spiro atoms. The van der Waals surface area contributed by atoms with Crippen LogP contribution in [0.3, 0.4) is 0 Å². The van der Waals surface area contributed by atoms with E-state index in [2.05, 4.69) is 15.5 Å². The summed E-state index contributed by atoms with van der Waals surface area (Å²) in [7, 11) is 0. The van der Waals surface area contributed by atoms with E-state index in [-0.39, 0.29) is 12.0 Å². The lowest BCUT2D eigenvalue weighted by molar-refractivity contribution is 0.413. The van der Waals surface area contributed by atoms with Crippen LogP contribution < -0.4 is 5.32 Å². The van der Waals surface area contributed by atoms with Crippen LogP contribution in [0.15, 0.2) is 39.3 Å². The Morgan fingerprint density at radius 1 is 1.15 bits per heavy atom. The summed E-state index contributed by atoms with van der Waals surface area (Å²) in [5, 5.41) is 8.17. The fourth-order valence-corrected chi connectivity index (χ4v) is 2.00. The molecule has 5 heteroatoms. The minimum Gasteiger partial charge on any atom is -0.459 e. The minimum absolute atomic E-state index is 0.0390. The van der Waals surface area contributed by atoms with Crippen molar-refractivity contribution >= 4 is 17.0 Å². The first-order chi connectivity index (χ1) is 9.63. The minimum atomic E-state index is -0.0390. The molecule has 0 saturated heterocycles. The molecule has 2 aromatic heterocycles. The summed E-state index contributed by atoms with van der Waals surface area (Å²) in [5.74, 6) is 1.79. The van der Waals surface area contributed by atoms with E-state index < -0.39 is 0 Å². The number of fused-ring (bicyclic) bond motifs is 1. The Labute approximate surface area is 117 Å². The van der Waals surface area contributed by atoms with Gasteiger partial charge < -0.3 is 14.3 Å². The van der Waals surface area contributed by atoms with Crippen molar-refractivity contribution in [2.24, 2.45) is 0 Å². The molecule has 0 bridgehead atoms. The van der Waals surface area contributed by atoms with Crippen molar-refractivity contribution in [1.82, 2.24) is 10.1 Å². The Hall–Kier alpha value is -2.30. The van der Waals surface area contributed by atoms with Gasteiger partial charge in [-0.3, -0.25) is 0 Å². The SMILES string of the molecule is CC(C)c1noc(N[C@H](C)c2cc3ccccc3o2)n1. The van der Waals surface area contributed by atoms with Gasteiger partial charge in [0, 0.05) is 11.3 Å². The molecule has 1 atom stereocenters. The molecular formula is C15H17N3O2. The number of rotatable bonds is 4. The monoisotopic (exact) mass is 271 g/mol. The van der Waals surface area contributed by atoms with Gasteiger partial charge >= 0.3 is 6.01 Å². The van der Waals surface area contributed by atoms with Gasteiger partial charge in [0.1, 0.15) is 11.3 Å². The predicted molar refractivity (Wildman–Crippen MR) is 76.6 cm³/mol. The smallest absolute Gasteiger partial charge is 0.322 e. The maximum atomic E-state index is 5.80. The van der Waals surface area contributed by atoms with Gasteiger partial charge in [0.15, 0.2) is 5.82 Å². The van der Waals surface area contributed by atoms with Crippen molar-refractivity contribution in [3.8, 4) is 0 Å². The topological polar surface area (TPSA) is 64.1 Å². The average Bonchev–Trinajstić information content (AvgIpc) is 3.04. The van der Waals surface area contributed by atoms with Crippen LogP contribution in [0.1, 0.15) is 44.3 Å². The quantitative estimate of drug-likeness (QED) is 0.773. The number of aromatic nitrogens is 2. The van der Waals surface area contributed by atoms with E-state index in [9.17, 15) is 0 Å². The van der Waals surface area contributed by atoms with Crippen LogP contribution in [0.2, 0.25) is 0 Å². The normalized spacial score (nSPS) is 13.0. The van der Waals surface area contributed by atoms with E-state index in [1.807, 2.05) is 51.1 Å². The second-order valence-corrected chi connectivity index (χ2v) is 5.17. The lowest BCUT2D eigenvalue weighted by Gasteiger charge is -2.07. The maximum absolute atomic E-state index is 5.80.